The van der Waals surface area contributed by atoms with Gasteiger partial charge in [0.05, 0.1) is 0 Å². The van der Waals surface area contributed by atoms with Crippen molar-refractivity contribution in [3.8, 4) is 6.07 Å². The molecular formula is C24H18ClN3O2. The van der Waals surface area contributed by atoms with Gasteiger partial charge in [0.1, 0.15) is 11.6 Å². The molecule has 0 atom stereocenters. The van der Waals surface area contributed by atoms with Crippen LogP contribution in [0.2, 0.25) is 5.02 Å². The number of para-hydroxylation sites is 1. The molecule has 3 aromatic rings. The Kier molecular flexibility index (Phi) is 6.63. The first-order valence-corrected chi connectivity index (χ1v) is 9.50. The first-order chi connectivity index (χ1) is 14.5. The molecule has 0 aromatic heterocycles. The molecule has 6 heteroatoms. The van der Waals surface area contributed by atoms with E-state index in [9.17, 15) is 14.9 Å². The maximum absolute atomic E-state index is 12.5. The molecule has 0 saturated heterocycles. The molecule has 0 fully saturated rings. The maximum Gasteiger partial charge on any atom is 0.266 e. The van der Waals surface area contributed by atoms with Gasteiger partial charge in [-0.3, -0.25) is 9.59 Å². The third-order valence-electron chi connectivity index (χ3n) is 4.32. The van der Waals surface area contributed by atoms with Crippen molar-refractivity contribution in [1.29, 1.82) is 5.26 Å². The monoisotopic (exact) mass is 415 g/mol. The third kappa shape index (κ3) is 5.34. The van der Waals surface area contributed by atoms with Gasteiger partial charge in [-0.25, -0.2) is 0 Å². The number of carbonyl (C=O) groups excluding carboxylic acids is 2. The molecule has 0 radical (unpaired) electrons. The second-order valence-corrected chi connectivity index (χ2v) is 6.96. The zero-order valence-electron chi connectivity index (χ0n) is 16.1. The van der Waals surface area contributed by atoms with Crippen LogP contribution in [0.25, 0.3) is 6.08 Å². The highest BCUT2D eigenvalue weighted by molar-refractivity contribution is 6.30. The molecule has 0 saturated carbocycles. The Hall–Kier alpha value is -3.88. The molecule has 0 aliphatic heterocycles. The van der Waals surface area contributed by atoms with Gasteiger partial charge in [0.15, 0.2) is 0 Å². The standard InChI is InChI=1S/C24H18ClN3O2/c1-16-5-2-3-8-22(16)28-24(30)19(15-26)13-17-6-4-7-21(14-17)27-23(29)18-9-11-20(25)12-10-18/h2-14H,1H3,(H,27,29)(H,28,30)/b19-13+. The zero-order valence-corrected chi connectivity index (χ0v) is 16.9. The Balaban J connectivity index is 1.76. The van der Waals surface area contributed by atoms with Crippen LogP contribution in [0.1, 0.15) is 21.5 Å². The Morgan fingerprint density at radius 3 is 2.40 bits per heavy atom. The van der Waals surface area contributed by atoms with Crippen molar-refractivity contribution >= 4 is 40.9 Å². The van der Waals surface area contributed by atoms with Crippen LogP contribution in [-0.4, -0.2) is 11.8 Å². The van der Waals surface area contributed by atoms with E-state index in [1.807, 2.05) is 31.2 Å². The van der Waals surface area contributed by atoms with Crippen LogP contribution in [-0.2, 0) is 4.79 Å². The molecule has 3 aromatic carbocycles. The summed E-state index contributed by atoms with van der Waals surface area (Å²) >= 11 is 5.85. The predicted octanol–water partition coefficient (Wildman–Crippen LogP) is 5.45. The van der Waals surface area contributed by atoms with E-state index in [1.54, 1.807) is 54.6 Å². The Bertz CT molecular complexity index is 1160. The molecule has 2 N–H and O–H groups in total. The molecule has 0 bridgehead atoms. The largest absolute Gasteiger partial charge is 0.322 e. The summed E-state index contributed by atoms with van der Waals surface area (Å²) in [6, 6.07) is 22.7. The molecule has 3 rings (SSSR count). The average molecular weight is 416 g/mol. The summed E-state index contributed by atoms with van der Waals surface area (Å²) in [6.45, 7) is 1.87. The van der Waals surface area contributed by atoms with Gasteiger partial charge in [-0.15, -0.1) is 0 Å². The highest BCUT2D eigenvalue weighted by Crippen LogP contribution is 2.18. The Morgan fingerprint density at radius 1 is 0.967 bits per heavy atom. The van der Waals surface area contributed by atoms with Gasteiger partial charge < -0.3 is 10.6 Å². The number of hydrogen-bond acceptors (Lipinski definition) is 3. The lowest BCUT2D eigenvalue weighted by Gasteiger charge is -2.08. The molecule has 0 unspecified atom stereocenters. The summed E-state index contributed by atoms with van der Waals surface area (Å²) in [5, 5.41) is 15.5. The van der Waals surface area contributed by atoms with E-state index in [4.69, 9.17) is 11.6 Å². The summed E-state index contributed by atoms with van der Waals surface area (Å²) in [6.07, 6.45) is 1.48. The van der Waals surface area contributed by atoms with Crippen LogP contribution in [0.15, 0.2) is 78.4 Å². The van der Waals surface area contributed by atoms with Crippen molar-refractivity contribution in [2.45, 2.75) is 6.92 Å². The topological polar surface area (TPSA) is 82.0 Å². The summed E-state index contributed by atoms with van der Waals surface area (Å²) in [4.78, 5) is 24.9. The SMILES string of the molecule is Cc1ccccc1NC(=O)/C(C#N)=C/c1cccc(NC(=O)c2ccc(Cl)cc2)c1. The number of halogens is 1. The van der Waals surface area contributed by atoms with Crippen LogP contribution in [0.4, 0.5) is 11.4 Å². The van der Waals surface area contributed by atoms with E-state index in [1.165, 1.54) is 6.08 Å². The molecule has 0 aliphatic carbocycles. The van der Waals surface area contributed by atoms with Crippen LogP contribution in [0.3, 0.4) is 0 Å². The van der Waals surface area contributed by atoms with Crippen LogP contribution < -0.4 is 10.6 Å². The van der Waals surface area contributed by atoms with Crippen molar-refractivity contribution in [3.05, 3.63) is 100 Å². The van der Waals surface area contributed by atoms with Gasteiger partial charge in [-0.1, -0.05) is 41.9 Å². The number of benzene rings is 3. The van der Waals surface area contributed by atoms with Crippen LogP contribution >= 0.6 is 11.6 Å². The van der Waals surface area contributed by atoms with E-state index in [-0.39, 0.29) is 11.5 Å². The minimum atomic E-state index is -0.498. The van der Waals surface area contributed by atoms with Crippen LogP contribution in [0, 0.1) is 18.3 Å². The molecule has 0 spiro atoms. The van der Waals surface area contributed by atoms with Crippen molar-refractivity contribution in [2.24, 2.45) is 0 Å². The number of anilines is 2. The fourth-order valence-corrected chi connectivity index (χ4v) is 2.85. The third-order valence-corrected chi connectivity index (χ3v) is 4.57. The van der Waals surface area contributed by atoms with Crippen LogP contribution in [0.5, 0.6) is 0 Å². The van der Waals surface area contributed by atoms with E-state index in [2.05, 4.69) is 10.6 Å². The number of carbonyl (C=O) groups is 2. The fraction of sp³-hybridized carbons (Fsp3) is 0.0417. The van der Waals surface area contributed by atoms with E-state index in [0.29, 0.717) is 27.5 Å². The van der Waals surface area contributed by atoms with Crippen molar-refractivity contribution < 1.29 is 9.59 Å². The average Bonchev–Trinajstić information content (AvgIpc) is 2.74. The first-order valence-electron chi connectivity index (χ1n) is 9.12. The zero-order chi connectivity index (χ0) is 21.5. The minimum Gasteiger partial charge on any atom is -0.322 e. The molecule has 5 nitrogen and oxygen atoms in total. The minimum absolute atomic E-state index is 0.0422. The van der Waals surface area contributed by atoms with Gasteiger partial charge >= 0.3 is 0 Å². The predicted molar refractivity (Wildman–Crippen MR) is 119 cm³/mol. The number of nitrogens with one attached hydrogen (secondary N) is 2. The van der Waals surface area contributed by atoms with Gasteiger partial charge in [0.2, 0.25) is 0 Å². The summed E-state index contributed by atoms with van der Waals surface area (Å²) in [5.74, 6) is -0.784. The van der Waals surface area contributed by atoms with Crippen molar-refractivity contribution in [3.63, 3.8) is 0 Å². The number of amides is 2. The number of aryl methyl sites for hydroxylation is 1. The lowest BCUT2D eigenvalue weighted by molar-refractivity contribution is -0.112. The molecule has 0 heterocycles. The maximum atomic E-state index is 12.5. The number of nitrogens with zero attached hydrogens (tertiary/aromatic N) is 1. The summed E-state index contributed by atoms with van der Waals surface area (Å²) in [5.41, 5.74) is 3.12. The van der Waals surface area contributed by atoms with E-state index < -0.39 is 5.91 Å². The fourth-order valence-electron chi connectivity index (χ4n) is 2.73. The highest BCUT2D eigenvalue weighted by atomic mass is 35.5. The van der Waals surface area contributed by atoms with E-state index >= 15 is 0 Å². The Labute approximate surface area is 179 Å². The molecule has 0 aliphatic rings. The molecular weight excluding hydrogens is 398 g/mol. The normalized spacial score (nSPS) is 10.8. The van der Waals surface area contributed by atoms with Gasteiger partial charge in [-0.05, 0) is 66.6 Å². The molecule has 30 heavy (non-hydrogen) atoms. The number of rotatable bonds is 5. The summed E-state index contributed by atoms with van der Waals surface area (Å²) in [7, 11) is 0. The second kappa shape index (κ2) is 9.55. The lowest BCUT2D eigenvalue weighted by Crippen LogP contribution is -2.14. The second-order valence-electron chi connectivity index (χ2n) is 6.53. The quantitative estimate of drug-likeness (QED) is 0.429. The molecule has 2 amide bonds. The van der Waals surface area contributed by atoms with Crippen molar-refractivity contribution in [1.82, 2.24) is 0 Å². The van der Waals surface area contributed by atoms with Gasteiger partial charge in [0.25, 0.3) is 11.8 Å². The molecule has 148 valence electrons. The van der Waals surface area contributed by atoms with Gasteiger partial charge in [0, 0.05) is 22.0 Å². The number of hydrogen-bond donors (Lipinski definition) is 2. The smallest absolute Gasteiger partial charge is 0.266 e. The van der Waals surface area contributed by atoms with E-state index in [0.717, 1.165) is 5.56 Å². The Morgan fingerprint density at radius 2 is 1.70 bits per heavy atom. The lowest BCUT2D eigenvalue weighted by atomic mass is 10.1. The first kappa shape index (κ1) is 20.8. The number of nitriles is 1. The summed E-state index contributed by atoms with van der Waals surface area (Å²) < 4.78 is 0. The van der Waals surface area contributed by atoms with Crippen molar-refractivity contribution in [2.75, 3.05) is 10.6 Å². The highest BCUT2D eigenvalue weighted by Gasteiger charge is 2.11. The van der Waals surface area contributed by atoms with Gasteiger partial charge in [-0.2, -0.15) is 5.26 Å².